The van der Waals surface area contributed by atoms with Crippen molar-refractivity contribution in [2.75, 3.05) is 0 Å². The van der Waals surface area contributed by atoms with Gasteiger partial charge in [0, 0.05) is 56.5 Å². The highest BCUT2D eigenvalue weighted by molar-refractivity contribution is 5.94. The minimum Gasteiger partial charge on any atom is -0.457 e. The molecule has 41 heavy (non-hydrogen) atoms. The van der Waals surface area contributed by atoms with Crippen molar-refractivity contribution in [2.45, 2.75) is 38.5 Å². The van der Waals surface area contributed by atoms with Gasteiger partial charge in [0.15, 0.2) is 0 Å². The molecular weight excluding hydrogens is 500 g/mol. The zero-order valence-corrected chi connectivity index (χ0v) is 23.4. The maximum Gasteiger partial charge on any atom is 0.127 e. The Kier molecular flexibility index (Phi) is 5.53. The monoisotopic (exact) mass is 532 g/mol. The van der Waals surface area contributed by atoms with E-state index in [4.69, 9.17) is 4.74 Å². The molecule has 2 atom stereocenters. The van der Waals surface area contributed by atoms with Crippen molar-refractivity contribution in [3.05, 3.63) is 132 Å². The number of nitrogens with zero attached hydrogens (tertiary/aromatic N) is 2. The van der Waals surface area contributed by atoms with Gasteiger partial charge in [-0.2, -0.15) is 0 Å². The number of aromatic nitrogens is 2. The van der Waals surface area contributed by atoms with Crippen LogP contribution in [0.1, 0.15) is 61.0 Å². The second-order valence-corrected chi connectivity index (χ2v) is 11.5. The predicted molar refractivity (Wildman–Crippen MR) is 171 cm³/mol. The van der Waals surface area contributed by atoms with Gasteiger partial charge in [0.25, 0.3) is 0 Å². The molecule has 3 nitrogen and oxygen atoms in total. The summed E-state index contributed by atoms with van der Waals surface area (Å²) in [4.78, 5) is 0. The van der Waals surface area contributed by atoms with Crippen LogP contribution in [0.5, 0.6) is 11.5 Å². The zero-order valence-electron chi connectivity index (χ0n) is 23.4. The lowest BCUT2D eigenvalue weighted by Gasteiger charge is -2.20. The second-order valence-electron chi connectivity index (χ2n) is 11.5. The first kappa shape index (κ1) is 24.1. The van der Waals surface area contributed by atoms with E-state index in [9.17, 15) is 0 Å². The molecule has 2 aromatic heterocycles. The topological polar surface area (TPSA) is 19.1 Å². The fourth-order valence-electron chi connectivity index (χ4n) is 6.91. The summed E-state index contributed by atoms with van der Waals surface area (Å²) in [7, 11) is 0. The van der Waals surface area contributed by atoms with Crippen molar-refractivity contribution in [3.63, 3.8) is 0 Å². The number of benzene rings is 4. The molecule has 0 bridgehead atoms. The molecule has 0 amide bonds. The molecule has 0 spiro atoms. The number of allylic oxidation sites excluding steroid dienone is 2. The molecule has 0 saturated heterocycles. The first-order valence-corrected chi connectivity index (χ1v) is 14.7. The van der Waals surface area contributed by atoms with Crippen LogP contribution in [0.4, 0.5) is 0 Å². The van der Waals surface area contributed by atoms with Crippen molar-refractivity contribution >= 4 is 34.0 Å². The molecule has 4 aromatic carbocycles. The van der Waals surface area contributed by atoms with Gasteiger partial charge in [0.1, 0.15) is 11.5 Å². The second kappa shape index (κ2) is 9.42. The van der Waals surface area contributed by atoms with Crippen LogP contribution in [0.3, 0.4) is 0 Å². The highest BCUT2D eigenvalue weighted by Crippen LogP contribution is 2.41. The van der Waals surface area contributed by atoms with E-state index in [1.165, 1.54) is 55.7 Å². The quantitative estimate of drug-likeness (QED) is 0.221. The van der Waals surface area contributed by atoms with Crippen LogP contribution >= 0.6 is 0 Å². The Bertz CT molecular complexity index is 1840. The summed E-state index contributed by atoms with van der Waals surface area (Å²) in [5.41, 5.74) is 10.3. The normalized spacial score (nSPS) is 17.6. The van der Waals surface area contributed by atoms with Gasteiger partial charge < -0.3 is 13.9 Å². The van der Waals surface area contributed by atoms with E-state index in [1.54, 1.807) is 0 Å². The Morgan fingerprint density at radius 3 is 1.39 bits per heavy atom. The van der Waals surface area contributed by atoms with Crippen molar-refractivity contribution in [1.82, 2.24) is 9.13 Å². The summed E-state index contributed by atoms with van der Waals surface area (Å²) < 4.78 is 11.2. The zero-order chi connectivity index (χ0) is 27.5. The van der Waals surface area contributed by atoms with Gasteiger partial charge in [0.05, 0.1) is 11.0 Å². The summed E-state index contributed by atoms with van der Waals surface area (Å²) in [6.07, 6.45) is 11.3. The summed E-state index contributed by atoms with van der Waals surface area (Å²) in [5, 5.41) is 2.63. The maximum absolute atomic E-state index is 6.32. The van der Waals surface area contributed by atoms with Gasteiger partial charge in [0.2, 0.25) is 0 Å². The van der Waals surface area contributed by atoms with Gasteiger partial charge in [-0.05, 0) is 73.5 Å². The number of rotatable bonds is 4. The van der Waals surface area contributed by atoms with Gasteiger partial charge in [-0.3, -0.25) is 0 Å². The van der Waals surface area contributed by atoms with E-state index in [1.807, 2.05) is 0 Å². The Labute approximate surface area is 240 Å². The largest absolute Gasteiger partial charge is 0.457 e. The molecule has 3 heteroatoms. The van der Waals surface area contributed by atoms with E-state index in [0.29, 0.717) is 11.8 Å². The molecule has 0 N–H and O–H groups in total. The molecule has 0 radical (unpaired) electrons. The van der Waals surface area contributed by atoms with E-state index >= 15 is 0 Å². The highest BCUT2D eigenvalue weighted by Gasteiger charge is 2.24. The van der Waals surface area contributed by atoms with Crippen LogP contribution in [0.15, 0.2) is 109 Å². The lowest BCUT2D eigenvalue weighted by atomic mass is 9.93. The molecule has 2 unspecified atom stereocenters. The summed E-state index contributed by atoms with van der Waals surface area (Å²) in [5.74, 6) is 2.61. The van der Waals surface area contributed by atoms with Crippen LogP contribution in [0, 0.1) is 0 Å². The molecule has 2 aliphatic carbocycles. The Hall–Kier alpha value is -4.76. The lowest BCUT2D eigenvalue weighted by Crippen LogP contribution is -2.07. The van der Waals surface area contributed by atoms with Crippen LogP contribution in [0.2, 0.25) is 0 Å². The Balaban J connectivity index is 1.11. The Morgan fingerprint density at radius 2 is 0.951 bits per heavy atom. The van der Waals surface area contributed by atoms with Gasteiger partial charge in [-0.1, -0.05) is 74.5 Å². The van der Waals surface area contributed by atoms with E-state index in [-0.39, 0.29) is 0 Å². The number of ether oxygens (including phenoxy) is 1. The van der Waals surface area contributed by atoms with Gasteiger partial charge >= 0.3 is 0 Å². The average Bonchev–Trinajstić information content (AvgIpc) is 3.53. The van der Waals surface area contributed by atoms with E-state index in [0.717, 1.165) is 24.3 Å². The summed E-state index contributed by atoms with van der Waals surface area (Å²) in [6.45, 7) is 4.64. The van der Waals surface area contributed by atoms with Crippen LogP contribution in [-0.4, -0.2) is 9.13 Å². The Morgan fingerprint density at radius 1 is 0.537 bits per heavy atom. The number of para-hydroxylation sites is 2. The molecule has 2 aliphatic rings. The molecule has 200 valence electrons. The third-order valence-electron chi connectivity index (χ3n) is 8.81. The molecule has 0 aliphatic heterocycles. The van der Waals surface area contributed by atoms with Crippen LogP contribution in [-0.2, 0) is 0 Å². The third kappa shape index (κ3) is 3.80. The minimum atomic E-state index is 0.471. The molecule has 0 saturated carbocycles. The molecule has 6 aromatic rings. The number of fused-ring (bicyclic) bond motifs is 6. The van der Waals surface area contributed by atoms with Crippen molar-refractivity contribution in [2.24, 2.45) is 0 Å². The summed E-state index contributed by atoms with van der Waals surface area (Å²) >= 11 is 0. The average molecular weight is 533 g/mol. The minimum absolute atomic E-state index is 0.471. The smallest absolute Gasteiger partial charge is 0.127 e. The fourth-order valence-corrected chi connectivity index (χ4v) is 6.91. The SMILES string of the molecule is CC1CC=Cc2c1n(-c1ccc(Oc3ccc(-n4c5c(c6ccccc64)C=CCC5C)cc3)cc1)c1ccccc21. The molecule has 8 rings (SSSR count). The summed E-state index contributed by atoms with van der Waals surface area (Å²) in [6, 6.07) is 34.5. The van der Waals surface area contributed by atoms with Gasteiger partial charge in [-0.25, -0.2) is 0 Å². The first-order chi connectivity index (χ1) is 20.2. The number of hydrogen-bond donors (Lipinski definition) is 0. The van der Waals surface area contributed by atoms with Crippen LogP contribution in [0.25, 0.3) is 45.3 Å². The fraction of sp³-hybridized carbons (Fsp3) is 0.158. The maximum atomic E-state index is 6.32. The third-order valence-corrected chi connectivity index (χ3v) is 8.81. The van der Waals surface area contributed by atoms with E-state index in [2.05, 4.69) is 144 Å². The van der Waals surface area contributed by atoms with Crippen molar-refractivity contribution < 1.29 is 4.74 Å². The standard InChI is InChI=1S/C38H32N2O/c1-25-9-7-13-33-31-11-3-5-15-35(31)39(37(25)33)27-17-21-29(22-18-27)41-30-23-19-28(20-24-30)40-36-16-6-4-12-32(36)34-14-8-10-26(2)38(34)40/h3-8,11-26H,9-10H2,1-2H3. The molecule has 0 fully saturated rings. The highest BCUT2D eigenvalue weighted by atomic mass is 16.5. The lowest BCUT2D eigenvalue weighted by molar-refractivity contribution is 0.482. The van der Waals surface area contributed by atoms with Crippen molar-refractivity contribution in [3.8, 4) is 22.9 Å². The predicted octanol–water partition coefficient (Wildman–Crippen LogP) is 10.4. The van der Waals surface area contributed by atoms with Crippen LogP contribution < -0.4 is 4.74 Å². The molecular formula is C38H32N2O. The van der Waals surface area contributed by atoms with E-state index < -0.39 is 0 Å². The van der Waals surface area contributed by atoms with Crippen molar-refractivity contribution in [1.29, 1.82) is 0 Å². The number of hydrogen-bond acceptors (Lipinski definition) is 1. The molecule has 2 heterocycles. The van der Waals surface area contributed by atoms with Gasteiger partial charge in [-0.15, -0.1) is 0 Å². The first-order valence-electron chi connectivity index (χ1n) is 14.7.